The van der Waals surface area contributed by atoms with E-state index in [4.69, 9.17) is 9.16 Å². The van der Waals surface area contributed by atoms with Crippen molar-refractivity contribution in [1.29, 1.82) is 0 Å². The quantitative estimate of drug-likeness (QED) is 0.0830. The Morgan fingerprint density at radius 1 is 0.867 bits per heavy atom. The molecule has 1 aromatic heterocycles. The van der Waals surface area contributed by atoms with Crippen molar-refractivity contribution < 1.29 is 59.6 Å². The fourth-order valence-electron chi connectivity index (χ4n) is 6.70. The molecule has 234 valence electrons. The molecule has 0 fully saturated rings. The van der Waals surface area contributed by atoms with Crippen molar-refractivity contribution in [2.75, 3.05) is 7.11 Å². The van der Waals surface area contributed by atoms with E-state index < -0.39 is 86.5 Å². The number of hydrogen-bond acceptors (Lipinski definition) is 12. The van der Waals surface area contributed by atoms with Gasteiger partial charge in [0.25, 0.3) is 12.3 Å². The molecule has 3 aromatic carbocycles. The van der Waals surface area contributed by atoms with Gasteiger partial charge < -0.3 is 50.6 Å². The van der Waals surface area contributed by atoms with Crippen molar-refractivity contribution in [2.24, 2.45) is 0 Å². The number of carbonyl (C=O) groups excluding carboxylic acids is 3. The smallest absolute Gasteiger partial charge is 0.367 e. The van der Waals surface area contributed by atoms with Gasteiger partial charge in [-0.05, 0) is 36.8 Å². The van der Waals surface area contributed by atoms with Crippen LogP contribution < -0.4 is 10.3 Å². The SMILES string of the molecule is C=[O+]c1cc(OC)c(O)c2c(O)c3c(c(O)c12)C(=O)C1(CCc2cc4cc(C(O)C(O)C(O)C(C)O)[nH]c(=O)c4c(O)c21)C3=O. The molecule has 2 aliphatic carbocycles. The number of benzene rings is 3. The molecule has 14 heteroatoms. The lowest BCUT2D eigenvalue weighted by Crippen LogP contribution is -2.40. The van der Waals surface area contributed by atoms with Gasteiger partial charge in [-0.25, -0.2) is 4.42 Å². The number of fused-ring (bicyclic) bond motifs is 5. The van der Waals surface area contributed by atoms with Gasteiger partial charge in [-0.1, -0.05) is 6.07 Å². The highest BCUT2D eigenvalue weighted by Gasteiger charge is 2.61. The largest absolute Gasteiger partial charge is 0.507 e. The van der Waals surface area contributed by atoms with E-state index in [9.17, 15) is 55.2 Å². The van der Waals surface area contributed by atoms with Gasteiger partial charge in [-0.15, -0.1) is 0 Å². The van der Waals surface area contributed by atoms with Crippen LogP contribution in [0.2, 0.25) is 0 Å². The van der Waals surface area contributed by atoms with Crippen LogP contribution in [0.3, 0.4) is 0 Å². The van der Waals surface area contributed by atoms with Crippen molar-refractivity contribution in [3.63, 3.8) is 0 Å². The number of Topliss-reactive ketones (excluding diaryl/α,β-unsaturated/α-hetero) is 2. The summed E-state index contributed by atoms with van der Waals surface area (Å²) in [5.74, 6) is -5.32. The minimum atomic E-state index is -2.16. The number of ether oxygens (including phenoxy) is 1. The lowest BCUT2D eigenvalue weighted by molar-refractivity contribution is -0.352. The minimum Gasteiger partial charge on any atom is -0.507 e. The van der Waals surface area contributed by atoms with E-state index in [0.717, 1.165) is 6.07 Å². The Kier molecular flexibility index (Phi) is 6.67. The number of ketones is 2. The van der Waals surface area contributed by atoms with Crippen LogP contribution in [0.15, 0.2) is 23.0 Å². The third kappa shape index (κ3) is 3.77. The van der Waals surface area contributed by atoms with E-state index in [1.165, 1.54) is 26.2 Å². The summed E-state index contributed by atoms with van der Waals surface area (Å²) in [6.45, 7) is 4.50. The second-order valence-corrected chi connectivity index (χ2v) is 11.3. The number of phenolic OH excluding ortho intramolecular Hbond substituents is 4. The summed E-state index contributed by atoms with van der Waals surface area (Å²) in [6.07, 6.45) is -7.07. The summed E-state index contributed by atoms with van der Waals surface area (Å²) in [5.41, 5.74) is -4.47. The average molecular weight is 623 g/mol. The van der Waals surface area contributed by atoms with E-state index >= 15 is 0 Å². The van der Waals surface area contributed by atoms with E-state index in [2.05, 4.69) is 11.8 Å². The molecule has 1 spiro atoms. The zero-order valence-corrected chi connectivity index (χ0v) is 23.8. The van der Waals surface area contributed by atoms with Gasteiger partial charge in [0.15, 0.2) is 23.1 Å². The molecule has 0 saturated carbocycles. The average Bonchev–Trinajstić information content (AvgIpc) is 3.50. The lowest BCUT2D eigenvalue weighted by atomic mass is 9.76. The van der Waals surface area contributed by atoms with Crippen LogP contribution in [-0.4, -0.2) is 89.6 Å². The Morgan fingerprint density at radius 2 is 1.49 bits per heavy atom. The first-order chi connectivity index (χ1) is 21.2. The maximum atomic E-state index is 14.2. The van der Waals surface area contributed by atoms with E-state index in [0.29, 0.717) is 0 Å². The maximum absolute atomic E-state index is 14.2. The van der Waals surface area contributed by atoms with Crippen LogP contribution in [-0.2, 0) is 16.3 Å². The number of aliphatic hydroxyl groups is 4. The molecule has 5 unspecified atom stereocenters. The van der Waals surface area contributed by atoms with Crippen LogP contribution in [0.25, 0.3) is 21.5 Å². The fourth-order valence-corrected chi connectivity index (χ4v) is 6.70. The summed E-state index contributed by atoms with van der Waals surface area (Å²) in [5, 5.41) is 84.3. The van der Waals surface area contributed by atoms with Gasteiger partial charge >= 0.3 is 5.75 Å². The van der Waals surface area contributed by atoms with Crippen molar-refractivity contribution in [3.05, 3.63) is 56.5 Å². The first kappa shape index (κ1) is 30.0. The molecule has 45 heavy (non-hydrogen) atoms. The van der Waals surface area contributed by atoms with E-state index in [-0.39, 0.29) is 57.3 Å². The van der Waals surface area contributed by atoms with Crippen LogP contribution in [0.4, 0.5) is 0 Å². The predicted molar refractivity (Wildman–Crippen MR) is 156 cm³/mol. The summed E-state index contributed by atoms with van der Waals surface area (Å²) in [7, 11) is 1.22. The van der Waals surface area contributed by atoms with E-state index in [1.807, 2.05) is 0 Å². The highest BCUT2D eigenvalue weighted by molar-refractivity contribution is 6.38. The summed E-state index contributed by atoms with van der Waals surface area (Å²) in [4.78, 5) is 43.9. The number of aromatic amines is 1. The highest BCUT2D eigenvalue weighted by Crippen LogP contribution is 2.59. The third-order valence-corrected chi connectivity index (χ3v) is 8.92. The van der Waals surface area contributed by atoms with Crippen molar-refractivity contribution >= 4 is 39.9 Å². The van der Waals surface area contributed by atoms with Crippen LogP contribution in [0.5, 0.6) is 34.5 Å². The third-order valence-electron chi connectivity index (χ3n) is 8.92. The predicted octanol–water partition coefficient (Wildman–Crippen LogP) is 0.989. The molecule has 14 nitrogen and oxygen atoms in total. The molecule has 1 heterocycles. The molecule has 0 bridgehead atoms. The number of aryl methyl sites for hydroxylation is 1. The number of carbonyl (C=O) groups is 2. The Labute approximate surface area is 252 Å². The van der Waals surface area contributed by atoms with Gasteiger partial charge in [-0.2, -0.15) is 0 Å². The molecule has 4 aromatic rings. The second kappa shape index (κ2) is 10.0. The Hall–Kier alpha value is -5.02. The monoisotopic (exact) mass is 622 g/mol. The zero-order valence-electron chi connectivity index (χ0n) is 23.8. The molecular weight excluding hydrogens is 594 g/mol. The molecule has 0 saturated heterocycles. The topological polar surface area (TPSA) is 249 Å². The molecule has 5 atom stereocenters. The molecule has 0 amide bonds. The van der Waals surface area contributed by atoms with Gasteiger partial charge in [0.2, 0.25) is 0 Å². The van der Waals surface area contributed by atoms with Gasteiger partial charge in [0, 0.05) is 5.56 Å². The van der Waals surface area contributed by atoms with Crippen molar-refractivity contribution in [3.8, 4) is 34.5 Å². The maximum Gasteiger partial charge on any atom is 0.367 e. The summed E-state index contributed by atoms with van der Waals surface area (Å²) in [6, 6.07) is 3.82. The number of H-pyrrole nitrogens is 1. The second-order valence-electron chi connectivity index (χ2n) is 11.3. The standard InChI is InChI=1S/C31H27NO13/c1-9(33)21(34)27(40)22(35)12-7-11-6-10-4-5-31(20(10)26(39)15(11)30(43)32-12)28(41)18-19(29(31)42)25(38)17-16(24(18)37)13(44-2)8-14(45-3)23(17)36/h6-9,21-22,27,33-35,40H,2,4-5H2,1,3H3,(H4-,32,36,37,38,39,41,42,43)/p+1. The lowest BCUT2D eigenvalue weighted by Gasteiger charge is -2.25. The number of nitrogens with one attached hydrogen (secondary N) is 1. The molecule has 9 N–H and O–H groups in total. The summed E-state index contributed by atoms with van der Waals surface area (Å²) < 4.78 is 10.2. The molecular formula is C31H28NO13+. The number of methoxy groups -OCH3 is 1. The normalized spacial score (nSPS) is 20.0. The Morgan fingerprint density at radius 3 is 2.07 bits per heavy atom. The Balaban J connectivity index is 1.57. The van der Waals surface area contributed by atoms with Crippen LogP contribution in [0, 0.1) is 0 Å². The van der Waals surface area contributed by atoms with Crippen LogP contribution >= 0.6 is 0 Å². The first-order valence-electron chi connectivity index (χ1n) is 13.7. The van der Waals surface area contributed by atoms with Gasteiger partial charge in [-0.3, -0.25) is 14.4 Å². The van der Waals surface area contributed by atoms with Crippen molar-refractivity contribution in [1.82, 2.24) is 4.98 Å². The zero-order chi connectivity index (χ0) is 32.9. The number of aromatic hydroxyl groups is 4. The fraction of sp³-hybridized carbons (Fsp3) is 0.290. The number of hydrogen-bond donors (Lipinski definition) is 9. The highest BCUT2D eigenvalue weighted by atomic mass is 16.5. The number of rotatable bonds is 6. The van der Waals surface area contributed by atoms with E-state index in [1.54, 1.807) is 0 Å². The number of phenols is 4. The molecule has 6 rings (SSSR count). The molecule has 0 radical (unpaired) electrons. The summed E-state index contributed by atoms with van der Waals surface area (Å²) >= 11 is 0. The van der Waals surface area contributed by atoms with Crippen LogP contribution in [0.1, 0.15) is 57.0 Å². The molecule has 0 aliphatic heterocycles. The van der Waals surface area contributed by atoms with Gasteiger partial charge in [0.1, 0.15) is 46.4 Å². The van der Waals surface area contributed by atoms with Gasteiger partial charge in [0.05, 0.1) is 46.9 Å². The number of aromatic nitrogens is 1. The first-order valence-corrected chi connectivity index (χ1v) is 13.7. The number of pyridine rings is 1. The Bertz CT molecular complexity index is 2060. The van der Waals surface area contributed by atoms with Crippen molar-refractivity contribution in [2.45, 2.75) is 49.6 Å². The molecule has 2 aliphatic rings. The number of aliphatic hydroxyl groups excluding tert-OH is 4. The minimum absolute atomic E-state index is 0.0334.